The van der Waals surface area contributed by atoms with Crippen molar-refractivity contribution in [3.63, 3.8) is 0 Å². The molecule has 1 aliphatic heterocycles. The Hall–Kier alpha value is -3.95. The van der Waals surface area contributed by atoms with Crippen LogP contribution in [-0.2, 0) is 4.79 Å². The summed E-state index contributed by atoms with van der Waals surface area (Å²) in [5, 5.41) is 14.9. The third-order valence-electron chi connectivity index (χ3n) is 5.34. The summed E-state index contributed by atoms with van der Waals surface area (Å²) in [5.74, 6) is 1.29. The Kier molecular flexibility index (Phi) is 5.17. The maximum Gasteiger partial charge on any atom is 0.247 e. The molecular weight excluding hydrogens is 396 g/mol. The van der Waals surface area contributed by atoms with Crippen LogP contribution >= 0.6 is 0 Å². The van der Waals surface area contributed by atoms with Crippen LogP contribution in [0.3, 0.4) is 0 Å². The number of H-pyrrole nitrogens is 1. The Labute approximate surface area is 178 Å². The second-order valence-corrected chi connectivity index (χ2v) is 7.47. The predicted octanol–water partition coefficient (Wildman–Crippen LogP) is 2.21. The summed E-state index contributed by atoms with van der Waals surface area (Å²) in [6.45, 7) is 1.80. The summed E-state index contributed by atoms with van der Waals surface area (Å²) in [4.78, 5) is 26.6. The molecule has 3 aromatic heterocycles. The summed E-state index contributed by atoms with van der Waals surface area (Å²) in [6.07, 6.45) is 6.66. The van der Waals surface area contributed by atoms with Gasteiger partial charge in [0.2, 0.25) is 18.2 Å². The van der Waals surface area contributed by atoms with Gasteiger partial charge in [-0.05, 0) is 37.1 Å². The van der Waals surface area contributed by atoms with Crippen molar-refractivity contribution in [3.05, 3.63) is 49.2 Å². The largest absolute Gasteiger partial charge is 0.423 e. The van der Waals surface area contributed by atoms with Crippen LogP contribution in [0.4, 0.5) is 11.5 Å². The van der Waals surface area contributed by atoms with E-state index in [-0.39, 0.29) is 18.5 Å². The van der Waals surface area contributed by atoms with Gasteiger partial charge in [0.1, 0.15) is 17.8 Å². The molecular formula is C21H22N8O2. The van der Waals surface area contributed by atoms with Gasteiger partial charge in [-0.25, -0.2) is 9.97 Å². The third-order valence-corrected chi connectivity index (χ3v) is 5.34. The van der Waals surface area contributed by atoms with Crippen molar-refractivity contribution < 1.29 is 9.21 Å². The first kappa shape index (κ1) is 19.0. The molecule has 1 fully saturated rings. The van der Waals surface area contributed by atoms with Gasteiger partial charge in [0.25, 0.3) is 0 Å². The Morgan fingerprint density at radius 1 is 1.29 bits per heavy atom. The fourth-order valence-electron chi connectivity index (χ4n) is 3.92. The highest BCUT2D eigenvalue weighted by atomic mass is 16.4. The van der Waals surface area contributed by atoms with Gasteiger partial charge >= 0.3 is 0 Å². The highest BCUT2D eigenvalue weighted by Gasteiger charge is 2.23. The molecule has 10 nitrogen and oxygen atoms in total. The van der Waals surface area contributed by atoms with Crippen molar-refractivity contribution >= 4 is 28.4 Å². The molecule has 0 aliphatic carbocycles. The van der Waals surface area contributed by atoms with Gasteiger partial charge in [0.15, 0.2) is 0 Å². The van der Waals surface area contributed by atoms with Crippen molar-refractivity contribution in [2.45, 2.75) is 18.9 Å². The molecule has 1 unspecified atom stereocenters. The zero-order chi connectivity index (χ0) is 21.0. The van der Waals surface area contributed by atoms with E-state index in [4.69, 9.17) is 4.42 Å². The van der Waals surface area contributed by atoms with Crippen LogP contribution in [0.25, 0.3) is 22.5 Å². The number of carbonyl (C=O) groups excluding carboxylic acids is 1. The standard InChI is InChI=1S/C21H22N8O2/c30-18(10-23-15-4-1-3-14(9-15)21-28-26-13-31-21)27-16-5-2-8-29(11-16)20-17-6-7-22-19(17)24-12-25-20/h1,3-4,6-7,9,12-13,16,23H,2,5,8,10-11H2,(H,27,30)(H,22,24,25). The minimum absolute atomic E-state index is 0.0514. The van der Waals surface area contributed by atoms with Crippen LogP contribution in [0, 0.1) is 0 Å². The molecule has 3 N–H and O–H groups in total. The van der Waals surface area contributed by atoms with Crippen molar-refractivity contribution in [1.29, 1.82) is 0 Å². The number of benzene rings is 1. The average molecular weight is 418 g/mol. The zero-order valence-electron chi connectivity index (χ0n) is 16.8. The van der Waals surface area contributed by atoms with E-state index in [2.05, 4.69) is 40.7 Å². The lowest BCUT2D eigenvalue weighted by Crippen LogP contribution is -2.49. The third kappa shape index (κ3) is 4.18. The van der Waals surface area contributed by atoms with Crippen molar-refractivity contribution in [2.75, 3.05) is 29.9 Å². The summed E-state index contributed by atoms with van der Waals surface area (Å²) >= 11 is 0. The van der Waals surface area contributed by atoms with E-state index in [0.717, 1.165) is 54.0 Å². The number of anilines is 2. The molecule has 1 atom stereocenters. The van der Waals surface area contributed by atoms with Gasteiger partial charge < -0.3 is 24.9 Å². The molecule has 158 valence electrons. The van der Waals surface area contributed by atoms with E-state index in [1.165, 1.54) is 6.39 Å². The van der Waals surface area contributed by atoms with E-state index in [1.807, 2.05) is 36.5 Å². The van der Waals surface area contributed by atoms with Gasteiger partial charge in [-0.1, -0.05) is 6.07 Å². The molecule has 1 aromatic carbocycles. The molecule has 1 saturated heterocycles. The molecule has 4 aromatic rings. The molecule has 10 heteroatoms. The molecule has 0 saturated carbocycles. The number of amides is 1. The monoisotopic (exact) mass is 418 g/mol. The Morgan fingerprint density at radius 2 is 2.26 bits per heavy atom. The summed E-state index contributed by atoms with van der Waals surface area (Å²) in [6, 6.07) is 9.58. The first-order valence-electron chi connectivity index (χ1n) is 10.2. The van der Waals surface area contributed by atoms with Crippen molar-refractivity contribution in [1.82, 2.24) is 30.5 Å². The highest BCUT2D eigenvalue weighted by Crippen LogP contribution is 2.25. The maximum absolute atomic E-state index is 12.5. The smallest absolute Gasteiger partial charge is 0.247 e. The van der Waals surface area contributed by atoms with E-state index >= 15 is 0 Å². The number of aromatic amines is 1. The van der Waals surface area contributed by atoms with E-state index in [1.54, 1.807) is 6.33 Å². The van der Waals surface area contributed by atoms with Crippen LogP contribution in [-0.4, -0.2) is 56.7 Å². The van der Waals surface area contributed by atoms with Crippen molar-refractivity contribution in [3.8, 4) is 11.5 Å². The fourth-order valence-corrected chi connectivity index (χ4v) is 3.92. The SMILES string of the molecule is O=C(CNc1cccc(-c2nnco2)c1)NC1CCCN(c2ncnc3[nH]ccc23)C1. The normalized spacial score (nSPS) is 16.4. The zero-order valence-corrected chi connectivity index (χ0v) is 16.8. The lowest BCUT2D eigenvalue weighted by Gasteiger charge is -2.34. The van der Waals surface area contributed by atoms with E-state index in [9.17, 15) is 4.79 Å². The fraction of sp³-hybridized carbons (Fsp3) is 0.286. The summed E-state index contributed by atoms with van der Waals surface area (Å²) in [7, 11) is 0. The van der Waals surface area contributed by atoms with Gasteiger partial charge in [0.05, 0.1) is 11.9 Å². The van der Waals surface area contributed by atoms with Crippen LogP contribution < -0.4 is 15.5 Å². The Balaban J connectivity index is 1.18. The van der Waals surface area contributed by atoms with Gasteiger partial charge in [-0.15, -0.1) is 10.2 Å². The average Bonchev–Trinajstić information content (AvgIpc) is 3.50. The maximum atomic E-state index is 12.5. The Morgan fingerprint density at radius 3 is 3.16 bits per heavy atom. The number of hydrogen-bond donors (Lipinski definition) is 3. The number of aromatic nitrogens is 5. The predicted molar refractivity (Wildman–Crippen MR) is 115 cm³/mol. The topological polar surface area (TPSA) is 125 Å². The van der Waals surface area contributed by atoms with E-state index < -0.39 is 0 Å². The number of carbonyl (C=O) groups is 1. The lowest BCUT2D eigenvalue weighted by molar-refractivity contribution is -0.120. The minimum atomic E-state index is -0.0514. The lowest BCUT2D eigenvalue weighted by atomic mass is 10.1. The van der Waals surface area contributed by atoms with Crippen LogP contribution in [0.15, 0.2) is 53.7 Å². The molecule has 0 spiro atoms. The Bertz CT molecular complexity index is 1170. The number of nitrogens with one attached hydrogen (secondary N) is 3. The number of hydrogen-bond acceptors (Lipinski definition) is 8. The van der Waals surface area contributed by atoms with Crippen LogP contribution in [0.5, 0.6) is 0 Å². The van der Waals surface area contributed by atoms with Gasteiger partial charge in [0, 0.05) is 36.6 Å². The summed E-state index contributed by atoms with van der Waals surface area (Å²) in [5.41, 5.74) is 2.43. The van der Waals surface area contributed by atoms with Crippen LogP contribution in [0.1, 0.15) is 12.8 Å². The minimum Gasteiger partial charge on any atom is -0.423 e. The van der Waals surface area contributed by atoms with Gasteiger partial charge in [-0.2, -0.15) is 0 Å². The summed E-state index contributed by atoms with van der Waals surface area (Å²) < 4.78 is 5.22. The first-order chi connectivity index (χ1) is 15.3. The molecule has 0 radical (unpaired) electrons. The highest BCUT2D eigenvalue weighted by molar-refractivity contribution is 5.87. The quantitative estimate of drug-likeness (QED) is 0.435. The number of rotatable bonds is 6. The second kappa shape index (κ2) is 8.42. The molecule has 1 amide bonds. The molecule has 31 heavy (non-hydrogen) atoms. The molecule has 4 heterocycles. The van der Waals surface area contributed by atoms with Gasteiger partial charge in [-0.3, -0.25) is 4.79 Å². The number of piperidine rings is 1. The molecule has 5 rings (SSSR count). The van der Waals surface area contributed by atoms with E-state index in [0.29, 0.717) is 5.89 Å². The molecule has 0 bridgehead atoms. The van der Waals surface area contributed by atoms with Crippen molar-refractivity contribution in [2.24, 2.45) is 0 Å². The first-order valence-corrected chi connectivity index (χ1v) is 10.2. The van der Waals surface area contributed by atoms with Crippen LogP contribution in [0.2, 0.25) is 0 Å². The number of nitrogens with zero attached hydrogens (tertiary/aromatic N) is 5. The number of fused-ring (bicyclic) bond motifs is 1. The molecule has 1 aliphatic rings. The second-order valence-electron chi connectivity index (χ2n) is 7.47.